The highest BCUT2D eigenvalue weighted by atomic mass is 32.1. The molecular formula is C14H18N2S. The van der Waals surface area contributed by atoms with Crippen molar-refractivity contribution in [3.8, 4) is 0 Å². The summed E-state index contributed by atoms with van der Waals surface area (Å²) in [5.41, 5.74) is 8.87. The van der Waals surface area contributed by atoms with Crippen molar-refractivity contribution < 1.29 is 0 Å². The van der Waals surface area contributed by atoms with Crippen molar-refractivity contribution in [2.75, 3.05) is 6.54 Å². The third kappa shape index (κ3) is 1.98. The van der Waals surface area contributed by atoms with Crippen LogP contribution in [0.15, 0.2) is 18.2 Å². The Labute approximate surface area is 106 Å². The molecule has 90 valence electrons. The Morgan fingerprint density at radius 2 is 2.24 bits per heavy atom. The lowest BCUT2D eigenvalue weighted by molar-refractivity contribution is 0.145. The van der Waals surface area contributed by atoms with E-state index in [1.165, 1.54) is 29.5 Å². The van der Waals surface area contributed by atoms with Gasteiger partial charge in [0.15, 0.2) is 0 Å². The molecule has 0 aliphatic heterocycles. The van der Waals surface area contributed by atoms with Crippen LogP contribution in [0.1, 0.15) is 29.8 Å². The number of thiazole rings is 1. The second-order valence-corrected chi connectivity index (χ2v) is 6.50. The highest BCUT2D eigenvalue weighted by Crippen LogP contribution is 2.43. The van der Waals surface area contributed by atoms with E-state index in [4.69, 9.17) is 5.73 Å². The molecule has 1 heterocycles. The van der Waals surface area contributed by atoms with E-state index in [-0.39, 0.29) is 0 Å². The van der Waals surface area contributed by atoms with Crippen LogP contribution < -0.4 is 5.73 Å². The first kappa shape index (κ1) is 11.2. The van der Waals surface area contributed by atoms with Gasteiger partial charge in [-0.2, -0.15) is 0 Å². The molecule has 0 atom stereocenters. The summed E-state index contributed by atoms with van der Waals surface area (Å²) in [6, 6.07) is 6.67. The average molecular weight is 246 g/mol. The lowest BCUT2D eigenvalue weighted by atomic mass is 9.65. The first-order valence-corrected chi connectivity index (χ1v) is 7.09. The van der Waals surface area contributed by atoms with Crippen LogP contribution in [0, 0.1) is 12.3 Å². The summed E-state index contributed by atoms with van der Waals surface area (Å²) >= 11 is 1.78. The van der Waals surface area contributed by atoms with Gasteiger partial charge in [0, 0.05) is 0 Å². The molecule has 1 fully saturated rings. The zero-order chi connectivity index (χ0) is 11.9. The molecule has 1 aliphatic carbocycles. The minimum atomic E-state index is 0.396. The Kier molecular flexibility index (Phi) is 2.68. The molecule has 0 radical (unpaired) electrons. The molecule has 17 heavy (non-hydrogen) atoms. The van der Waals surface area contributed by atoms with Crippen LogP contribution in [0.4, 0.5) is 0 Å². The maximum Gasteiger partial charge on any atom is 0.0907 e. The lowest BCUT2D eigenvalue weighted by Crippen LogP contribution is -2.39. The molecule has 0 unspecified atom stereocenters. The summed E-state index contributed by atoms with van der Waals surface area (Å²) in [6.45, 7) is 2.89. The molecule has 1 aromatic heterocycles. The van der Waals surface area contributed by atoms with Gasteiger partial charge in [0.1, 0.15) is 0 Å². The van der Waals surface area contributed by atoms with Crippen LogP contribution in [0.3, 0.4) is 0 Å². The van der Waals surface area contributed by atoms with E-state index < -0.39 is 0 Å². The average Bonchev–Trinajstić information content (AvgIpc) is 2.63. The number of rotatable bonds is 3. The molecule has 1 aromatic carbocycles. The van der Waals surface area contributed by atoms with Gasteiger partial charge in [0.2, 0.25) is 0 Å². The lowest BCUT2D eigenvalue weighted by Gasteiger charge is -2.41. The molecule has 0 amide bonds. The number of nitrogens with two attached hydrogens (primary N) is 1. The second kappa shape index (κ2) is 4.07. The first-order chi connectivity index (χ1) is 8.21. The number of nitrogens with zero attached hydrogens (tertiary/aromatic N) is 1. The van der Waals surface area contributed by atoms with Crippen LogP contribution in [0.25, 0.3) is 10.2 Å². The van der Waals surface area contributed by atoms with E-state index in [0.29, 0.717) is 5.41 Å². The Hall–Kier alpha value is -0.930. The van der Waals surface area contributed by atoms with E-state index in [1.807, 2.05) is 0 Å². The standard InChI is InChI=1S/C14H18N2S/c1-10-16-12-4-3-11(7-13(12)17-10)8-14(9-15)5-2-6-14/h3-4,7H,2,5-6,8-9,15H2,1H3. The van der Waals surface area contributed by atoms with Crippen LogP contribution in [0.2, 0.25) is 0 Å². The molecule has 3 rings (SSSR count). The third-order valence-corrected chi connectivity index (χ3v) is 4.92. The van der Waals surface area contributed by atoms with Gasteiger partial charge in [-0.3, -0.25) is 0 Å². The zero-order valence-corrected chi connectivity index (χ0v) is 11.0. The second-order valence-electron chi connectivity index (χ2n) is 5.27. The van der Waals surface area contributed by atoms with Crippen LogP contribution in [-0.2, 0) is 6.42 Å². The van der Waals surface area contributed by atoms with Gasteiger partial charge in [-0.1, -0.05) is 12.5 Å². The molecule has 1 saturated carbocycles. The topological polar surface area (TPSA) is 38.9 Å². The fraction of sp³-hybridized carbons (Fsp3) is 0.500. The Morgan fingerprint density at radius 3 is 2.88 bits per heavy atom. The van der Waals surface area contributed by atoms with E-state index >= 15 is 0 Å². The van der Waals surface area contributed by atoms with Crippen molar-refractivity contribution in [1.82, 2.24) is 4.98 Å². The predicted octanol–water partition coefficient (Wildman–Crippen LogP) is 3.28. The molecule has 0 spiro atoms. The van der Waals surface area contributed by atoms with Crippen molar-refractivity contribution in [2.45, 2.75) is 32.6 Å². The SMILES string of the molecule is Cc1nc2ccc(CC3(CN)CCC3)cc2s1. The first-order valence-electron chi connectivity index (χ1n) is 6.27. The van der Waals surface area contributed by atoms with Crippen molar-refractivity contribution in [3.63, 3.8) is 0 Å². The number of aryl methyl sites for hydroxylation is 1. The van der Waals surface area contributed by atoms with Gasteiger partial charge in [-0.15, -0.1) is 11.3 Å². The summed E-state index contributed by atoms with van der Waals surface area (Å²) < 4.78 is 1.31. The summed E-state index contributed by atoms with van der Waals surface area (Å²) in [5, 5.41) is 1.15. The number of hydrogen-bond acceptors (Lipinski definition) is 3. The molecule has 3 heteroatoms. The van der Waals surface area contributed by atoms with Crippen LogP contribution in [0.5, 0.6) is 0 Å². The maximum atomic E-state index is 5.92. The predicted molar refractivity (Wildman–Crippen MR) is 73.4 cm³/mol. The number of hydrogen-bond donors (Lipinski definition) is 1. The smallest absolute Gasteiger partial charge is 0.0907 e. The molecule has 1 aliphatic rings. The molecular weight excluding hydrogens is 228 g/mol. The van der Waals surface area contributed by atoms with Gasteiger partial charge in [-0.05, 0) is 55.8 Å². The van der Waals surface area contributed by atoms with Crippen molar-refractivity contribution in [3.05, 3.63) is 28.8 Å². The summed E-state index contributed by atoms with van der Waals surface area (Å²) in [4.78, 5) is 4.50. The Balaban J connectivity index is 1.90. The van der Waals surface area contributed by atoms with Gasteiger partial charge in [0.25, 0.3) is 0 Å². The van der Waals surface area contributed by atoms with Crippen molar-refractivity contribution in [2.24, 2.45) is 11.1 Å². The molecule has 2 nitrogen and oxygen atoms in total. The number of aromatic nitrogens is 1. The number of benzene rings is 1. The minimum Gasteiger partial charge on any atom is -0.330 e. The minimum absolute atomic E-state index is 0.396. The van der Waals surface area contributed by atoms with Gasteiger partial charge in [0.05, 0.1) is 15.2 Å². The van der Waals surface area contributed by atoms with Crippen molar-refractivity contribution in [1.29, 1.82) is 0 Å². The summed E-state index contributed by atoms with van der Waals surface area (Å²) in [6.07, 6.45) is 5.07. The fourth-order valence-electron chi connectivity index (χ4n) is 2.76. The highest BCUT2D eigenvalue weighted by molar-refractivity contribution is 7.18. The quantitative estimate of drug-likeness (QED) is 0.902. The van der Waals surface area contributed by atoms with E-state index in [9.17, 15) is 0 Å². The third-order valence-electron chi connectivity index (χ3n) is 3.99. The van der Waals surface area contributed by atoms with Crippen LogP contribution >= 0.6 is 11.3 Å². The maximum absolute atomic E-state index is 5.92. The van der Waals surface area contributed by atoms with E-state index in [1.54, 1.807) is 11.3 Å². The zero-order valence-electron chi connectivity index (χ0n) is 10.2. The van der Waals surface area contributed by atoms with E-state index in [0.717, 1.165) is 23.5 Å². The van der Waals surface area contributed by atoms with Crippen molar-refractivity contribution >= 4 is 21.6 Å². The molecule has 0 bridgehead atoms. The Bertz CT molecular complexity index is 535. The monoisotopic (exact) mass is 246 g/mol. The summed E-state index contributed by atoms with van der Waals surface area (Å²) in [7, 11) is 0. The number of fused-ring (bicyclic) bond motifs is 1. The van der Waals surface area contributed by atoms with Gasteiger partial charge >= 0.3 is 0 Å². The normalized spacial score (nSPS) is 18.2. The van der Waals surface area contributed by atoms with E-state index in [2.05, 4.69) is 30.1 Å². The molecule has 2 N–H and O–H groups in total. The highest BCUT2D eigenvalue weighted by Gasteiger charge is 2.35. The van der Waals surface area contributed by atoms with Crippen LogP contribution in [-0.4, -0.2) is 11.5 Å². The van der Waals surface area contributed by atoms with Gasteiger partial charge < -0.3 is 5.73 Å². The molecule has 2 aromatic rings. The molecule has 0 saturated heterocycles. The summed E-state index contributed by atoms with van der Waals surface area (Å²) in [5.74, 6) is 0. The Morgan fingerprint density at radius 1 is 1.41 bits per heavy atom. The largest absolute Gasteiger partial charge is 0.330 e. The van der Waals surface area contributed by atoms with Gasteiger partial charge in [-0.25, -0.2) is 4.98 Å². The fourth-order valence-corrected chi connectivity index (χ4v) is 3.65.